The standard InChI is InChI=1S/C10H18N2O2.ClH/c1-14-8-4-6-12(7-8)10(13)9-3-2-5-11-9;/h8-9,11H,2-7H2,1H3;1H/t8-,9?;/m0./s1. The summed E-state index contributed by atoms with van der Waals surface area (Å²) in [6, 6.07) is 0.0746. The Morgan fingerprint density at radius 1 is 1.47 bits per heavy atom. The van der Waals surface area contributed by atoms with Crippen LogP contribution in [0.3, 0.4) is 0 Å². The molecule has 2 rings (SSSR count). The van der Waals surface area contributed by atoms with Gasteiger partial charge in [-0.15, -0.1) is 12.4 Å². The Balaban J connectivity index is 0.00000112. The third-order valence-electron chi connectivity index (χ3n) is 3.15. The van der Waals surface area contributed by atoms with Crippen LogP contribution >= 0.6 is 12.4 Å². The summed E-state index contributed by atoms with van der Waals surface area (Å²) in [5.41, 5.74) is 0. The molecule has 2 saturated heterocycles. The van der Waals surface area contributed by atoms with Crippen molar-refractivity contribution in [3.63, 3.8) is 0 Å². The van der Waals surface area contributed by atoms with Crippen LogP contribution in [0.1, 0.15) is 19.3 Å². The minimum Gasteiger partial charge on any atom is -0.380 e. The highest BCUT2D eigenvalue weighted by atomic mass is 35.5. The zero-order valence-corrected chi connectivity index (χ0v) is 9.89. The van der Waals surface area contributed by atoms with Crippen molar-refractivity contribution in [3.05, 3.63) is 0 Å². The molecule has 0 bridgehead atoms. The van der Waals surface area contributed by atoms with E-state index < -0.39 is 0 Å². The summed E-state index contributed by atoms with van der Waals surface area (Å²) in [6.45, 7) is 2.61. The summed E-state index contributed by atoms with van der Waals surface area (Å²) in [6.07, 6.45) is 3.35. The van der Waals surface area contributed by atoms with Crippen LogP contribution in [-0.2, 0) is 9.53 Å². The summed E-state index contributed by atoms with van der Waals surface area (Å²) >= 11 is 0. The molecule has 2 heterocycles. The van der Waals surface area contributed by atoms with Crippen molar-refractivity contribution < 1.29 is 9.53 Å². The van der Waals surface area contributed by atoms with Crippen LogP contribution in [0.25, 0.3) is 0 Å². The molecular formula is C10H19ClN2O2. The quantitative estimate of drug-likeness (QED) is 0.753. The van der Waals surface area contributed by atoms with E-state index in [0.29, 0.717) is 0 Å². The normalized spacial score (nSPS) is 30.3. The molecule has 0 aliphatic carbocycles. The first kappa shape index (κ1) is 12.7. The van der Waals surface area contributed by atoms with E-state index in [9.17, 15) is 4.79 Å². The Labute approximate surface area is 96.7 Å². The molecule has 2 fully saturated rings. The second kappa shape index (κ2) is 5.68. The predicted molar refractivity (Wildman–Crippen MR) is 60.3 cm³/mol. The lowest BCUT2D eigenvalue weighted by molar-refractivity contribution is -0.132. The first-order valence-electron chi connectivity index (χ1n) is 5.36. The lowest BCUT2D eigenvalue weighted by Gasteiger charge is -2.20. The van der Waals surface area contributed by atoms with Gasteiger partial charge in [0.25, 0.3) is 0 Å². The number of nitrogens with one attached hydrogen (secondary N) is 1. The maximum atomic E-state index is 11.9. The highest BCUT2D eigenvalue weighted by molar-refractivity contribution is 5.85. The molecule has 4 nitrogen and oxygen atoms in total. The molecule has 1 N–H and O–H groups in total. The molecule has 2 atom stereocenters. The largest absolute Gasteiger partial charge is 0.380 e. The topological polar surface area (TPSA) is 41.6 Å². The highest BCUT2D eigenvalue weighted by Gasteiger charge is 2.31. The molecule has 0 spiro atoms. The second-order valence-electron chi connectivity index (χ2n) is 4.08. The van der Waals surface area contributed by atoms with Crippen LogP contribution in [0.2, 0.25) is 0 Å². The fourth-order valence-corrected chi connectivity index (χ4v) is 2.24. The number of nitrogens with zero attached hydrogens (tertiary/aromatic N) is 1. The Morgan fingerprint density at radius 3 is 2.80 bits per heavy atom. The maximum Gasteiger partial charge on any atom is 0.239 e. The Morgan fingerprint density at radius 2 is 2.27 bits per heavy atom. The molecule has 0 aromatic rings. The Kier molecular flexibility index (Phi) is 4.83. The molecule has 1 amide bonds. The molecule has 88 valence electrons. The van der Waals surface area contributed by atoms with Crippen molar-refractivity contribution in [1.82, 2.24) is 10.2 Å². The number of hydrogen-bond donors (Lipinski definition) is 1. The molecular weight excluding hydrogens is 216 g/mol. The van der Waals surface area contributed by atoms with Crippen LogP contribution in [0.15, 0.2) is 0 Å². The van der Waals surface area contributed by atoms with Crippen molar-refractivity contribution in [2.45, 2.75) is 31.4 Å². The number of ether oxygens (including phenoxy) is 1. The number of carbonyl (C=O) groups is 1. The fourth-order valence-electron chi connectivity index (χ4n) is 2.24. The SMILES string of the molecule is CO[C@H]1CCN(C(=O)C2CCCN2)C1.Cl. The van der Waals surface area contributed by atoms with E-state index in [2.05, 4.69) is 5.32 Å². The Bertz CT molecular complexity index is 219. The minimum atomic E-state index is 0. The van der Waals surface area contributed by atoms with Crippen LogP contribution < -0.4 is 5.32 Å². The van der Waals surface area contributed by atoms with Gasteiger partial charge in [0.05, 0.1) is 12.1 Å². The number of amides is 1. The number of halogens is 1. The average Bonchev–Trinajstić information content (AvgIpc) is 2.88. The third kappa shape index (κ3) is 2.83. The zero-order chi connectivity index (χ0) is 9.97. The fraction of sp³-hybridized carbons (Fsp3) is 0.900. The second-order valence-corrected chi connectivity index (χ2v) is 4.08. The molecule has 0 radical (unpaired) electrons. The summed E-state index contributed by atoms with van der Waals surface area (Å²) in [5, 5.41) is 3.23. The van der Waals surface area contributed by atoms with Gasteiger partial charge in [-0.05, 0) is 25.8 Å². The molecule has 0 aromatic heterocycles. The molecule has 1 unspecified atom stereocenters. The lowest BCUT2D eigenvalue weighted by Crippen LogP contribution is -2.42. The average molecular weight is 235 g/mol. The van der Waals surface area contributed by atoms with Crippen LogP contribution in [-0.4, -0.2) is 49.7 Å². The molecule has 15 heavy (non-hydrogen) atoms. The van der Waals surface area contributed by atoms with Crippen molar-refractivity contribution >= 4 is 18.3 Å². The van der Waals surface area contributed by atoms with Gasteiger partial charge < -0.3 is 15.0 Å². The predicted octanol–water partition coefficient (Wildman–Crippen LogP) is 0.407. The number of methoxy groups -OCH3 is 1. The minimum absolute atomic E-state index is 0. The van der Waals surface area contributed by atoms with Gasteiger partial charge in [0.2, 0.25) is 5.91 Å². The Hall–Kier alpha value is -0.320. The third-order valence-corrected chi connectivity index (χ3v) is 3.15. The van der Waals surface area contributed by atoms with Crippen LogP contribution in [0.5, 0.6) is 0 Å². The molecule has 2 aliphatic rings. The van der Waals surface area contributed by atoms with Crippen molar-refractivity contribution in [2.24, 2.45) is 0 Å². The monoisotopic (exact) mass is 234 g/mol. The molecule has 0 aromatic carbocycles. The van der Waals surface area contributed by atoms with Gasteiger partial charge in [0.15, 0.2) is 0 Å². The summed E-state index contributed by atoms with van der Waals surface area (Å²) in [5.74, 6) is 0.266. The van der Waals surface area contributed by atoms with Crippen molar-refractivity contribution in [1.29, 1.82) is 0 Å². The highest BCUT2D eigenvalue weighted by Crippen LogP contribution is 2.16. The first-order chi connectivity index (χ1) is 6.81. The molecule has 5 heteroatoms. The smallest absolute Gasteiger partial charge is 0.239 e. The van der Waals surface area contributed by atoms with E-state index >= 15 is 0 Å². The van der Waals surface area contributed by atoms with Gasteiger partial charge in [-0.3, -0.25) is 4.79 Å². The van der Waals surface area contributed by atoms with E-state index in [1.54, 1.807) is 7.11 Å². The van der Waals surface area contributed by atoms with Gasteiger partial charge in [-0.1, -0.05) is 0 Å². The van der Waals surface area contributed by atoms with Gasteiger partial charge in [0.1, 0.15) is 0 Å². The van der Waals surface area contributed by atoms with Gasteiger partial charge in [-0.25, -0.2) is 0 Å². The van der Waals surface area contributed by atoms with Gasteiger partial charge in [0, 0.05) is 20.2 Å². The number of likely N-dealkylation sites (tertiary alicyclic amines) is 1. The zero-order valence-electron chi connectivity index (χ0n) is 9.07. The van der Waals surface area contributed by atoms with Crippen LogP contribution in [0, 0.1) is 0 Å². The lowest BCUT2D eigenvalue weighted by atomic mass is 10.2. The van der Waals surface area contributed by atoms with Crippen molar-refractivity contribution in [3.8, 4) is 0 Å². The summed E-state index contributed by atoms with van der Waals surface area (Å²) < 4.78 is 5.24. The van der Waals surface area contributed by atoms with Crippen LogP contribution in [0.4, 0.5) is 0 Å². The van der Waals surface area contributed by atoms with E-state index in [1.165, 1.54) is 0 Å². The van der Waals surface area contributed by atoms with Crippen molar-refractivity contribution in [2.75, 3.05) is 26.7 Å². The number of carbonyl (C=O) groups excluding carboxylic acids is 1. The molecule has 0 saturated carbocycles. The van der Waals surface area contributed by atoms with Gasteiger partial charge >= 0.3 is 0 Å². The van der Waals surface area contributed by atoms with Gasteiger partial charge in [-0.2, -0.15) is 0 Å². The summed E-state index contributed by atoms with van der Waals surface area (Å²) in [4.78, 5) is 13.8. The first-order valence-corrected chi connectivity index (χ1v) is 5.36. The van der Waals surface area contributed by atoms with E-state index in [0.717, 1.165) is 38.9 Å². The van der Waals surface area contributed by atoms with E-state index in [-0.39, 0.29) is 30.5 Å². The van der Waals surface area contributed by atoms with E-state index in [4.69, 9.17) is 4.74 Å². The number of hydrogen-bond acceptors (Lipinski definition) is 3. The molecule has 2 aliphatic heterocycles. The van der Waals surface area contributed by atoms with E-state index in [1.807, 2.05) is 4.90 Å². The summed E-state index contributed by atoms with van der Waals surface area (Å²) in [7, 11) is 1.71. The maximum absolute atomic E-state index is 11.9. The number of rotatable bonds is 2.